The molecule has 0 fully saturated rings. The Labute approximate surface area is 103 Å². The van der Waals surface area contributed by atoms with E-state index in [-0.39, 0.29) is 0 Å². The molecule has 0 radical (unpaired) electrons. The van der Waals surface area contributed by atoms with E-state index in [2.05, 4.69) is 41.2 Å². The molecule has 1 N–H and O–H groups in total. The number of anilines is 1. The van der Waals surface area contributed by atoms with Crippen LogP contribution < -0.4 is 5.32 Å². The second-order valence-electron chi connectivity index (χ2n) is 2.81. The Morgan fingerprint density at radius 1 is 1.57 bits per heavy atom. The van der Waals surface area contributed by atoms with Crippen molar-refractivity contribution >= 4 is 49.9 Å². The van der Waals surface area contributed by atoms with Crippen LogP contribution in [0.3, 0.4) is 0 Å². The third-order valence-corrected chi connectivity index (χ3v) is 3.68. The molecule has 0 heterocycles. The highest BCUT2D eigenvalue weighted by atomic mass is 79.9. The number of aryl methyl sites for hydroxylation is 1. The van der Waals surface area contributed by atoms with Crippen molar-refractivity contribution in [2.24, 2.45) is 0 Å². The maximum absolute atomic E-state index is 5.15. The zero-order valence-electron chi connectivity index (χ0n) is 8.13. The molecule has 0 bridgehead atoms. The summed E-state index contributed by atoms with van der Waals surface area (Å²) in [5, 5.41) is 3.18. The average Bonchev–Trinajstić information content (AvgIpc) is 2.12. The molecular weight excluding hydrogens is 278 g/mol. The molecule has 0 saturated carbocycles. The molecule has 0 aliphatic carbocycles. The van der Waals surface area contributed by atoms with Crippen molar-refractivity contribution in [2.75, 3.05) is 11.1 Å². The molecule has 1 aromatic carbocycles. The van der Waals surface area contributed by atoms with Crippen LogP contribution in [0.25, 0.3) is 0 Å². The van der Waals surface area contributed by atoms with E-state index in [0.717, 1.165) is 20.2 Å². The Bertz CT molecular complexity index is 339. The molecule has 1 rings (SSSR count). The second-order valence-corrected chi connectivity index (χ2v) is 5.60. The summed E-state index contributed by atoms with van der Waals surface area (Å²) in [5.41, 5.74) is 2.26. The van der Waals surface area contributed by atoms with Crippen molar-refractivity contribution in [3.8, 4) is 0 Å². The van der Waals surface area contributed by atoms with Crippen molar-refractivity contribution in [1.29, 1.82) is 0 Å². The Hall–Kier alpha value is -0.0600. The highest BCUT2D eigenvalue weighted by Gasteiger charge is 1.99. The largest absolute Gasteiger partial charge is 0.341 e. The lowest BCUT2D eigenvalue weighted by Gasteiger charge is -2.07. The first-order valence-corrected chi connectivity index (χ1v) is 6.52. The van der Waals surface area contributed by atoms with Crippen molar-refractivity contribution in [2.45, 2.75) is 13.8 Å². The van der Waals surface area contributed by atoms with Gasteiger partial charge in [0.25, 0.3) is 0 Å². The molecule has 0 atom stereocenters. The highest BCUT2D eigenvalue weighted by Crippen LogP contribution is 2.20. The Kier molecular flexibility index (Phi) is 4.92. The summed E-state index contributed by atoms with van der Waals surface area (Å²) < 4.78 is 1.95. The van der Waals surface area contributed by atoms with Crippen LogP contribution in [0.4, 0.5) is 5.69 Å². The first kappa shape index (κ1) is 12.0. The Morgan fingerprint density at radius 3 is 2.86 bits per heavy atom. The van der Waals surface area contributed by atoms with Crippen molar-refractivity contribution < 1.29 is 0 Å². The van der Waals surface area contributed by atoms with Crippen LogP contribution in [0.1, 0.15) is 12.5 Å². The van der Waals surface area contributed by atoms with Gasteiger partial charge in [-0.25, -0.2) is 0 Å². The van der Waals surface area contributed by atoms with Crippen LogP contribution in [-0.2, 0) is 0 Å². The number of thiocarbonyl (C=S) groups is 1. The molecule has 0 aromatic heterocycles. The Morgan fingerprint density at radius 2 is 2.29 bits per heavy atom. The number of hydrogen-bond donors (Lipinski definition) is 1. The van der Waals surface area contributed by atoms with Gasteiger partial charge in [0.05, 0.1) is 0 Å². The van der Waals surface area contributed by atoms with E-state index in [0.29, 0.717) is 0 Å². The molecule has 76 valence electrons. The molecule has 0 amide bonds. The van der Waals surface area contributed by atoms with Crippen LogP contribution in [0.15, 0.2) is 22.7 Å². The van der Waals surface area contributed by atoms with Crippen LogP contribution in [0, 0.1) is 6.92 Å². The van der Waals surface area contributed by atoms with E-state index in [1.54, 1.807) is 11.8 Å². The van der Waals surface area contributed by atoms with Gasteiger partial charge in [0, 0.05) is 10.2 Å². The number of halogens is 1. The number of benzene rings is 1. The zero-order chi connectivity index (χ0) is 10.6. The van der Waals surface area contributed by atoms with Gasteiger partial charge in [-0.3, -0.25) is 0 Å². The summed E-state index contributed by atoms with van der Waals surface area (Å²) in [6.07, 6.45) is 0. The number of thioether (sulfide) groups is 1. The molecule has 4 heteroatoms. The number of rotatable bonds is 2. The number of hydrogen-bond acceptors (Lipinski definition) is 2. The summed E-state index contributed by atoms with van der Waals surface area (Å²) in [6, 6.07) is 6.11. The van der Waals surface area contributed by atoms with E-state index < -0.39 is 0 Å². The van der Waals surface area contributed by atoms with Gasteiger partial charge in [-0.15, -0.1) is 0 Å². The molecule has 1 aromatic rings. The predicted molar refractivity (Wildman–Crippen MR) is 73.2 cm³/mol. The van der Waals surface area contributed by atoms with E-state index in [1.165, 1.54) is 5.56 Å². The quantitative estimate of drug-likeness (QED) is 0.820. The van der Waals surface area contributed by atoms with Crippen LogP contribution >= 0.6 is 39.9 Å². The van der Waals surface area contributed by atoms with Gasteiger partial charge >= 0.3 is 0 Å². The molecule has 0 aliphatic heterocycles. The first-order chi connectivity index (χ1) is 6.63. The predicted octanol–water partition coefficient (Wildman–Crippen LogP) is 4.21. The van der Waals surface area contributed by atoms with E-state index in [1.807, 2.05) is 12.1 Å². The minimum atomic E-state index is 0.828. The fourth-order valence-electron chi connectivity index (χ4n) is 1.01. The van der Waals surface area contributed by atoms with Gasteiger partial charge in [0.15, 0.2) is 0 Å². The molecule has 0 spiro atoms. The fraction of sp³-hybridized carbons (Fsp3) is 0.300. The van der Waals surface area contributed by atoms with Gasteiger partial charge in [-0.1, -0.05) is 46.8 Å². The zero-order valence-corrected chi connectivity index (χ0v) is 11.4. The SMILES string of the molecule is CCSC(=S)Nc1ccc(Br)c(C)c1. The fourth-order valence-corrected chi connectivity index (χ4v) is 2.18. The van der Waals surface area contributed by atoms with Gasteiger partial charge in [-0.05, 0) is 36.4 Å². The highest BCUT2D eigenvalue weighted by molar-refractivity contribution is 9.10. The first-order valence-electron chi connectivity index (χ1n) is 4.33. The normalized spacial score (nSPS) is 9.93. The van der Waals surface area contributed by atoms with Gasteiger partial charge in [0.2, 0.25) is 0 Å². The minimum absolute atomic E-state index is 0.828. The van der Waals surface area contributed by atoms with Gasteiger partial charge in [-0.2, -0.15) is 0 Å². The second kappa shape index (κ2) is 5.73. The van der Waals surface area contributed by atoms with E-state index >= 15 is 0 Å². The molecular formula is C10H12BrNS2. The molecule has 14 heavy (non-hydrogen) atoms. The van der Waals surface area contributed by atoms with Gasteiger partial charge in [0.1, 0.15) is 4.32 Å². The van der Waals surface area contributed by atoms with Crippen LogP contribution in [0.2, 0.25) is 0 Å². The Balaban J connectivity index is 2.68. The van der Waals surface area contributed by atoms with Crippen LogP contribution in [0.5, 0.6) is 0 Å². The van der Waals surface area contributed by atoms with E-state index in [9.17, 15) is 0 Å². The van der Waals surface area contributed by atoms with Gasteiger partial charge < -0.3 is 5.32 Å². The maximum Gasteiger partial charge on any atom is 0.138 e. The topological polar surface area (TPSA) is 12.0 Å². The lowest BCUT2D eigenvalue weighted by molar-refractivity contribution is 1.43. The minimum Gasteiger partial charge on any atom is -0.341 e. The lowest BCUT2D eigenvalue weighted by atomic mass is 10.2. The van der Waals surface area contributed by atoms with Crippen molar-refractivity contribution in [3.63, 3.8) is 0 Å². The smallest absolute Gasteiger partial charge is 0.138 e. The number of nitrogens with one attached hydrogen (secondary N) is 1. The van der Waals surface area contributed by atoms with Crippen molar-refractivity contribution in [3.05, 3.63) is 28.2 Å². The summed E-state index contributed by atoms with van der Waals surface area (Å²) in [5.74, 6) is 1.00. The third kappa shape index (κ3) is 3.59. The van der Waals surface area contributed by atoms with Crippen LogP contribution in [-0.4, -0.2) is 10.1 Å². The van der Waals surface area contributed by atoms with E-state index in [4.69, 9.17) is 12.2 Å². The average molecular weight is 290 g/mol. The standard InChI is InChI=1S/C10H12BrNS2/c1-3-14-10(13)12-8-4-5-9(11)7(2)6-8/h4-6H,3H2,1-2H3,(H,12,13). The lowest BCUT2D eigenvalue weighted by Crippen LogP contribution is -2.04. The van der Waals surface area contributed by atoms with Crippen molar-refractivity contribution in [1.82, 2.24) is 0 Å². The molecule has 1 nitrogen and oxygen atoms in total. The summed E-state index contributed by atoms with van der Waals surface area (Å²) in [6.45, 7) is 4.15. The molecule has 0 unspecified atom stereocenters. The molecule has 0 saturated heterocycles. The summed E-state index contributed by atoms with van der Waals surface area (Å²) in [4.78, 5) is 0. The summed E-state index contributed by atoms with van der Waals surface area (Å²) in [7, 11) is 0. The maximum atomic E-state index is 5.15. The molecule has 0 aliphatic rings. The summed E-state index contributed by atoms with van der Waals surface area (Å²) >= 11 is 10.3. The third-order valence-electron chi connectivity index (χ3n) is 1.68. The monoisotopic (exact) mass is 289 g/mol.